The van der Waals surface area contributed by atoms with Crippen LogP contribution < -0.4 is 0 Å². The third kappa shape index (κ3) is 1.39. The number of nitrogens with zero attached hydrogens (tertiary/aromatic N) is 2. The number of carbonyl (C=O) groups is 1. The number of rotatable bonds is 1. The number of nitrogens with one attached hydrogen (secondary N) is 1. The van der Waals surface area contributed by atoms with Crippen molar-refractivity contribution in [3.8, 4) is 10.8 Å². The summed E-state index contributed by atoms with van der Waals surface area (Å²) in [6, 6.07) is 0. The zero-order valence-electron chi connectivity index (χ0n) is 7.99. The summed E-state index contributed by atoms with van der Waals surface area (Å²) >= 11 is 1.57. The van der Waals surface area contributed by atoms with E-state index >= 15 is 0 Å². The predicted octanol–water partition coefficient (Wildman–Crippen LogP) is 2.05. The van der Waals surface area contributed by atoms with E-state index in [0.29, 0.717) is 12.1 Å². The summed E-state index contributed by atoms with van der Waals surface area (Å²) in [5.41, 5.74) is 0.664. The molecule has 2 aromatic rings. The van der Waals surface area contributed by atoms with Gasteiger partial charge in [-0.1, -0.05) is 0 Å². The first-order valence-electron chi connectivity index (χ1n) is 4.87. The first-order valence-corrected chi connectivity index (χ1v) is 5.69. The van der Waals surface area contributed by atoms with E-state index in [1.54, 1.807) is 23.7 Å². The van der Waals surface area contributed by atoms with Crippen LogP contribution in [0.5, 0.6) is 0 Å². The molecular formula is C10H9N3OS. The summed E-state index contributed by atoms with van der Waals surface area (Å²) in [5.74, 6) is 0.924. The van der Waals surface area contributed by atoms with E-state index in [1.165, 1.54) is 0 Å². The minimum atomic E-state index is 0.172. The van der Waals surface area contributed by atoms with Crippen molar-refractivity contribution in [2.24, 2.45) is 0 Å². The number of aromatic nitrogens is 3. The van der Waals surface area contributed by atoms with Crippen LogP contribution in [-0.4, -0.2) is 20.7 Å². The van der Waals surface area contributed by atoms with Crippen molar-refractivity contribution in [3.63, 3.8) is 0 Å². The van der Waals surface area contributed by atoms with E-state index in [9.17, 15) is 4.79 Å². The Morgan fingerprint density at radius 2 is 2.33 bits per heavy atom. The molecule has 0 fully saturated rings. The van der Waals surface area contributed by atoms with E-state index in [0.717, 1.165) is 28.6 Å². The molecule has 1 N–H and O–H groups in total. The highest BCUT2D eigenvalue weighted by Crippen LogP contribution is 2.30. The van der Waals surface area contributed by atoms with Crippen LogP contribution in [0.25, 0.3) is 10.8 Å². The van der Waals surface area contributed by atoms with Crippen LogP contribution in [0.3, 0.4) is 0 Å². The number of Topliss-reactive ketones (excluding diaryl/α,β-unsaturated/α-hetero) is 1. The Hall–Kier alpha value is -1.49. The lowest BCUT2D eigenvalue weighted by Gasteiger charge is -2.06. The van der Waals surface area contributed by atoms with Gasteiger partial charge in [-0.3, -0.25) is 4.79 Å². The number of fused-ring (bicyclic) bond motifs is 1. The van der Waals surface area contributed by atoms with Gasteiger partial charge >= 0.3 is 0 Å². The summed E-state index contributed by atoms with van der Waals surface area (Å²) in [7, 11) is 0. The molecule has 4 nitrogen and oxygen atoms in total. The molecule has 1 aliphatic carbocycles. The zero-order chi connectivity index (χ0) is 10.3. The van der Waals surface area contributed by atoms with Gasteiger partial charge in [0.25, 0.3) is 0 Å². The molecule has 0 spiro atoms. The monoisotopic (exact) mass is 219 g/mol. The van der Waals surface area contributed by atoms with Crippen molar-refractivity contribution in [3.05, 3.63) is 23.0 Å². The lowest BCUT2D eigenvalue weighted by molar-refractivity contribution is 0.0968. The highest BCUT2D eigenvalue weighted by Gasteiger charge is 2.23. The Bertz CT molecular complexity index is 501. The molecule has 2 heterocycles. The number of H-pyrrole nitrogens is 1. The van der Waals surface area contributed by atoms with Crippen molar-refractivity contribution in [1.82, 2.24) is 15.0 Å². The minimum absolute atomic E-state index is 0.172. The third-order valence-electron chi connectivity index (χ3n) is 2.47. The van der Waals surface area contributed by atoms with Gasteiger partial charge in [0.05, 0.1) is 0 Å². The van der Waals surface area contributed by atoms with Gasteiger partial charge < -0.3 is 4.98 Å². The number of hydrogen-bond acceptors (Lipinski definition) is 4. The van der Waals surface area contributed by atoms with Crippen LogP contribution in [0, 0.1) is 0 Å². The maximum atomic E-state index is 11.6. The second kappa shape index (κ2) is 3.27. The number of carbonyl (C=O) groups excluding carboxylic acids is 1. The average Bonchev–Trinajstić information content (AvgIpc) is 2.86. The predicted molar refractivity (Wildman–Crippen MR) is 57.0 cm³/mol. The molecule has 1 aliphatic rings. The van der Waals surface area contributed by atoms with Crippen molar-refractivity contribution < 1.29 is 4.79 Å². The molecule has 15 heavy (non-hydrogen) atoms. The van der Waals surface area contributed by atoms with Crippen LogP contribution in [-0.2, 0) is 6.42 Å². The second-order valence-electron chi connectivity index (χ2n) is 3.51. The quantitative estimate of drug-likeness (QED) is 0.798. The summed E-state index contributed by atoms with van der Waals surface area (Å²) in [6.07, 6.45) is 6.01. The Kier molecular flexibility index (Phi) is 1.92. The number of aromatic amines is 1. The fraction of sp³-hybridized carbons (Fsp3) is 0.300. The molecule has 0 amide bonds. The van der Waals surface area contributed by atoms with Crippen molar-refractivity contribution in [2.75, 3.05) is 0 Å². The molecule has 0 aromatic carbocycles. The number of hydrogen-bond donors (Lipinski definition) is 1. The molecule has 2 aromatic heterocycles. The maximum Gasteiger partial charge on any atom is 0.182 e. The van der Waals surface area contributed by atoms with Crippen LogP contribution in [0.4, 0.5) is 0 Å². The number of imidazole rings is 1. The van der Waals surface area contributed by atoms with Gasteiger partial charge in [-0.2, -0.15) is 0 Å². The summed E-state index contributed by atoms with van der Waals surface area (Å²) in [6.45, 7) is 0. The standard InChI is InChI=1S/C10H9N3OS/c14-6-2-1-3-7-8(6)13-10(15-7)9-11-4-5-12-9/h4-5H,1-3H2,(H,11,12). The minimum Gasteiger partial charge on any atom is -0.343 e. The van der Waals surface area contributed by atoms with Gasteiger partial charge in [0.1, 0.15) is 5.69 Å². The first-order chi connectivity index (χ1) is 7.34. The van der Waals surface area contributed by atoms with Crippen LogP contribution in [0.1, 0.15) is 28.2 Å². The zero-order valence-corrected chi connectivity index (χ0v) is 8.80. The van der Waals surface area contributed by atoms with E-state index < -0.39 is 0 Å². The van der Waals surface area contributed by atoms with Crippen molar-refractivity contribution >= 4 is 17.1 Å². The van der Waals surface area contributed by atoms with E-state index in [4.69, 9.17) is 0 Å². The third-order valence-corrected chi connectivity index (χ3v) is 3.59. The summed E-state index contributed by atoms with van der Waals surface area (Å²) < 4.78 is 0. The normalized spacial score (nSPS) is 15.3. The van der Waals surface area contributed by atoms with Crippen molar-refractivity contribution in [1.29, 1.82) is 0 Å². The van der Waals surface area contributed by atoms with E-state index in [-0.39, 0.29) is 5.78 Å². The highest BCUT2D eigenvalue weighted by atomic mass is 32.1. The van der Waals surface area contributed by atoms with Crippen LogP contribution in [0.2, 0.25) is 0 Å². The number of aryl methyl sites for hydroxylation is 1. The van der Waals surface area contributed by atoms with Gasteiger partial charge in [0.2, 0.25) is 0 Å². The van der Waals surface area contributed by atoms with Crippen molar-refractivity contribution in [2.45, 2.75) is 19.3 Å². The first kappa shape index (κ1) is 8.79. The topological polar surface area (TPSA) is 58.6 Å². The largest absolute Gasteiger partial charge is 0.343 e. The summed E-state index contributed by atoms with van der Waals surface area (Å²) in [4.78, 5) is 24.2. The van der Waals surface area contributed by atoms with Gasteiger partial charge in [0.15, 0.2) is 16.6 Å². The summed E-state index contributed by atoms with van der Waals surface area (Å²) in [5, 5.41) is 0.820. The molecule has 0 bridgehead atoms. The molecule has 0 radical (unpaired) electrons. The molecule has 3 rings (SSSR count). The van der Waals surface area contributed by atoms with Crippen LogP contribution >= 0.6 is 11.3 Å². The van der Waals surface area contributed by atoms with E-state index in [1.807, 2.05) is 0 Å². The van der Waals surface area contributed by atoms with Gasteiger partial charge in [-0.15, -0.1) is 11.3 Å². The van der Waals surface area contributed by atoms with Gasteiger partial charge in [-0.05, 0) is 12.8 Å². The molecule has 0 aliphatic heterocycles. The number of ketones is 1. The smallest absolute Gasteiger partial charge is 0.182 e. The Morgan fingerprint density at radius 1 is 1.40 bits per heavy atom. The Balaban J connectivity index is 2.09. The molecular weight excluding hydrogens is 210 g/mol. The SMILES string of the molecule is O=C1CCCc2sc(-c3ncc[nH]3)nc21. The fourth-order valence-electron chi connectivity index (χ4n) is 1.75. The lowest BCUT2D eigenvalue weighted by Crippen LogP contribution is -2.08. The molecule has 5 heteroatoms. The van der Waals surface area contributed by atoms with Gasteiger partial charge in [-0.25, -0.2) is 9.97 Å². The van der Waals surface area contributed by atoms with E-state index in [2.05, 4.69) is 15.0 Å². The molecule has 0 saturated carbocycles. The second-order valence-corrected chi connectivity index (χ2v) is 4.59. The fourth-order valence-corrected chi connectivity index (χ4v) is 2.83. The Morgan fingerprint density at radius 3 is 3.07 bits per heavy atom. The van der Waals surface area contributed by atoms with Crippen LogP contribution in [0.15, 0.2) is 12.4 Å². The molecule has 0 atom stereocenters. The Labute approximate surface area is 90.4 Å². The number of thiazole rings is 1. The van der Waals surface area contributed by atoms with Gasteiger partial charge in [0, 0.05) is 23.7 Å². The molecule has 0 saturated heterocycles. The lowest BCUT2D eigenvalue weighted by atomic mass is 10.0. The molecule has 76 valence electrons. The highest BCUT2D eigenvalue weighted by molar-refractivity contribution is 7.15. The molecule has 0 unspecified atom stereocenters. The average molecular weight is 219 g/mol. The maximum absolute atomic E-state index is 11.6.